The van der Waals surface area contributed by atoms with Crippen LogP contribution in [0.2, 0.25) is 0 Å². The molecule has 0 radical (unpaired) electrons. The van der Waals surface area contributed by atoms with Crippen LogP contribution in [-0.2, 0) is 10.1 Å². The Kier molecular flexibility index (Phi) is 4.20. The maximum absolute atomic E-state index is 10.9. The molecule has 0 aliphatic carbocycles. The molecular formula is C13H12N2O5S. The molecule has 0 spiro atoms. The van der Waals surface area contributed by atoms with Crippen LogP contribution in [-0.4, -0.2) is 25.2 Å². The molecule has 2 aromatic carbocycles. The van der Waals surface area contributed by atoms with Crippen LogP contribution in [0.4, 0.5) is 11.4 Å². The maximum Gasteiger partial charge on any atom is 0.294 e. The van der Waals surface area contributed by atoms with Gasteiger partial charge in [-0.15, -0.1) is 5.11 Å². The summed E-state index contributed by atoms with van der Waals surface area (Å²) in [5, 5.41) is 17.2. The van der Waals surface area contributed by atoms with Gasteiger partial charge in [0.25, 0.3) is 10.1 Å². The number of nitrogens with zero attached hydrogens (tertiary/aromatic N) is 2. The zero-order chi connectivity index (χ0) is 15.5. The number of methoxy groups -OCH3 is 1. The summed E-state index contributed by atoms with van der Waals surface area (Å²) in [6.45, 7) is 0. The smallest absolute Gasteiger partial charge is 0.294 e. The van der Waals surface area contributed by atoms with Crippen LogP contribution >= 0.6 is 0 Å². The van der Waals surface area contributed by atoms with E-state index in [-0.39, 0.29) is 10.6 Å². The lowest BCUT2D eigenvalue weighted by Crippen LogP contribution is -1.96. The summed E-state index contributed by atoms with van der Waals surface area (Å²) in [7, 11) is -2.78. The van der Waals surface area contributed by atoms with Crippen molar-refractivity contribution in [3.8, 4) is 11.5 Å². The molecule has 0 saturated carbocycles. The van der Waals surface area contributed by atoms with E-state index in [0.29, 0.717) is 17.1 Å². The molecule has 2 rings (SSSR count). The molecule has 0 heterocycles. The van der Waals surface area contributed by atoms with Gasteiger partial charge in [0.05, 0.1) is 17.7 Å². The third-order valence-corrected chi connectivity index (χ3v) is 3.44. The third kappa shape index (κ3) is 3.77. The average molecular weight is 308 g/mol. The van der Waals surface area contributed by atoms with E-state index in [0.717, 1.165) is 0 Å². The first kappa shape index (κ1) is 14.9. The molecule has 0 fully saturated rings. The van der Waals surface area contributed by atoms with Gasteiger partial charge in [-0.3, -0.25) is 4.55 Å². The minimum atomic E-state index is -4.22. The highest BCUT2D eigenvalue weighted by Gasteiger charge is 2.08. The number of benzene rings is 2. The van der Waals surface area contributed by atoms with Crippen LogP contribution < -0.4 is 4.74 Å². The second kappa shape index (κ2) is 5.90. The summed E-state index contributed by atoms with van der Waals surface area (Å²) >= 11 is 0. The predicted octanol–water partition coefficient (Wildman–Crippen LogP) is 3.06. The fourth-order valence-corrected chi connectivity index (χ4v) is 2.03. The van der Waals surface area contributed by atoms with Crippen LogP contribution in [0, 0.1) is 0 Å². The summed E-state index contributed by atoms with van der Waals surface area (Å²) in [5.74, 6) is 0.400. The molecule has 0 unspecified atom stereocenters. The zero-order valence-corrected chi connectivity index (χ0v) is 11.8. The normalized spacial score (nSPS) is 11.7. The predicted molar refractivity (Wildman–Crippen MR) is 75.1 cm³/mol. The van der Waals surface area contributed by atoms with E-state index < -0.39 is 10.1 Å². The van der Waals surface area contributed by atoms with Crippen molar-refractivity contribution in [3.05, 3.63) is 42.5 Å². The van der Waals surface area contributed by atoms with Crippen molar-refractivity contribution in [2.45, 2.75) is 4.90 Å². The number of hydrogen-bond donors (Lipinski definition) is 2. The SMILES string of the molecule is COc1cc(O)ccc1N=Nc1ccc(S(=O)(=O)O)cc1. The van der Waals surface area contributed by atoms with Crippen molar-refractivity contribution in [1.29, 1.82) is 0 Å². The standard InChI is InChI=1S/C13H12N2O5S/c1-20-13-8-10(16)4-7-12(13)15-14-9-2-5-11(6-3-9)21(17,18)19/h2-8,16H,1H3,(H,17,18,19). The van der Waals surface area contributed by atoms with Crippen molar-refractivity contribution in [3.63, 3.8) is 0 Å². The highest BCUT2D eigenvalue weighted by Crippen LogP contribution is 2.32. The van der Waals surface area contributed by atoms with Crippen LogP contribution in [0.15, 0.2) is 57.6 Å². The molecule has 0 aromatic heterocycles. The van der Waals surface area contributed by atoms with Crippen molar-refractivity contribution in [1.82, 2.24) is 0 Å². The van der Waals surface area contributed by atoms with Crippen LogP contribution in [0.1, 0.15) is 0 Å². The number of rotatable bonds is 4. The summed E-state index contributed by atoms with van der Waals surface area (Å²) < 4.78 is 35.7. The second-order valence-corrected chi connectivity index (χ2v) is 5.45. The van der Waals surface area contributed by atoms with Gasteiger partial charge in [-0.2, -0.15) is 13.5 Å². The third-order valence-electron chi connectivity index (χ3n) is 2.57. The second-order valence-electron chi connectivity index (χ2n) is 4.03. The van der Waals surface area contributed by atoms with Crippen LogP contribution in [0.5, 0.6) is 11.5 Å². The first-order chi connectivity index (χ1) is 9.90. The van der Waals surface area contributed by atoms with Gasteiger partial charge in [-0.1, -0.05) is 0 Å². The Bertz CT molecular complexity index is 770. The molecule has 0 aliphatic heterocycles. The maximum atomic E-state index is 10.9. The van der Waals surface area contributed by atoms with E-state index in [1.165, 1.54) is 49.6 Å². The molecule has 0 amide bonds. The highest BCUT2D eigenvalue weighted by atomic mass is 32.2. The lowest BCUT2D eigenvalue weighted by molar-refractivity contribution is 0.408. The van der Waals surface area contributed by atoms with Crippen molar-refractivity contribution in [2.24, 2.45) is 10.2 Å². The summed E-state index contributed by atoms with van der Waals surface area (Å²) in [6.07, 6.45) is 0. The molecular weight excluding hydrogens is 296 g/mol. The first-order valence-corrected chi connectivity index (χ1v) is 7.20. The minimum Gasteiger partial charge on any atom is -0.508 e. The zero-order valence-electron chi connectivity index (χ0n) is 11.0. The molecule has 2 aromatic rings. The Balaban J connectivity index is 2.26. The Hall–Kier alpha value is -2.45. The number of hydrogen-bond acceptors (Lipinski definition) is 6. The largest absolute Gasteiger partial charge is 0.508 e. The fourth-order valence-electron chi connectivity index (χ4n) is 1.55. The van der Waals surface area contributed by atoms with Gasteiger partial charge in [-0.25, -0.2) is 0 Å². The van der Waals surface area contributed by atoms with E-state index >= 15 is 0 Å². The lowest BCUT2D eigenvalue weighted by atomic mass is 10.3. The summed E-state index contributed by atoms with van der Waals surface area (Å²) in [5.41, 5.74) is 0.812. The number of azo groups is 1. The number of aromatic hydroxyl groups is 1. The van der Waals surface area contributed by atoms with Crippen LogP contribution in [0.3, 0.4) is 0 Å². The van der Waals surface area contributed by atoms with Crippen molar-refractivity contribution in [2.75, 3.05) is 7.11 Å². The monoisotopic (exact) mass is 308 g/mol. The quantitative estimate of drug-likeness (QED) is 0.666. The Morgan fingerprint density at radius 2 is 1.71 bits per heavy atom. The van der Waals surface area contributed by atoms with E-state index in [1.54, 1.807) is 0 Å². The van der Waals surface area contributed by atoms with Gasteiger partial charge in [0.1, 0.15) is 17.2 Å². The summed E-state index contributed by atoms with van der Waals surface area (Å²) in [4.78, 5) is -0.219. The first-order valence-electron chi connectivity index (χ1n) is 5.76. The average Bonchev–Trinajstić information content (AvgIpc) is 2.45. The topological polar surface area (TPSA) is 109 Å². The Morgan fingerprint density at radius 3 is 2.29 bits per heavy atom. The van der Waals surface area contributed by atoms with E-state index in [1.807, 2.05) is 0 Å². The van der Waals surface area contributed by atoms with Gasteiger partial charge in [0.15, 0.2) is 0 Å². The molecule has 8 heteroatoms. The fraction of sp³-hybridized carbons (Fsp3) is 0.0769. The number of phenolic OH excluding ortho intramolecular Hbond substituents is 1. The molecule has 0 atom stereocenters. The molecule has 2 N–H and O–H groups in total. The Morgan fingerprint density at radius 1 is 1.05 bits per heavy atom. The van der Waals surface area contributed by atoms with E-state index in [4.69, 9.17) is 9.29 Å². The van der Waals surface area contributed by atoms with Gasteiger partial charge in [0.2, 0.25) is 0 Å². The molecule has 21 heavy (non-hydrogen) atoms. The number of phenols is 1. The molecule has 110 valence electrons. The lowest BCUT2D eigenvalue weighted by Gasteiger charge is -2.03. The van der Waals surface area contributed by atoms with Gasteiger partial charge >= 0.3 is 0 Å². The van der Waals surface area contributed by atoms with E-state index in [9.17, 15) is 13.5 Å². The van der Waals surface area contributed by atoms with E-state index in [2.05, 4.69) is 10.2 Å². The van der Waals surface area contributed by atoms with Crippen LogP contribution in [0.25, 0.3) is 0 Å². The minimum absolute atomic E-state index is 0.0447. The number of ether oxygens (including phenoxy) is 1. The molecule has 0 saturated heterocycles. The van der Waals surface area contributed by atoms with Gasteiger partial charge < -0.3 is 9.84 Å². The highest BCUT2D eigenvalue weighted by molar-refractivity contribution is 7.85. The van der Waals surface area contributed by atoms with Crippen molar-refractivity contribution >= 4 is 21.5 Å². The molecule has 0 aliphatic rings. The van der Waals surface area contributed by atoms with Gasteiger partial charge in [0, 0.05) is 6.07 Å². The van der Waals surface area contributed by atoms with Crippen molar-refractivity contribution < 1.29 is 22.8 Å². The summed E-state index contributed by atoms with van der Waals surface area (Å²) in [6, 6.07) is 9.62. The molecule has 7 nitrogen and oxygen atoms in total. The molecule has 0 bridgehead atoms. The van der Waals surface area contributed by atoms with Gasteiger partial charge in [-0.05, 0) is 36.4 Å². The Labute approximate surface area is 121 Å².